The van der Waals surface area contributed by atoms with Crippen LogP contribution in [0.3, 0.4) is 0 Å². The van der Waals surface area contributed by atoms with Crippen molar-refractivity contribution in [3.63, 3.8) is 0 Å². The first-order chi connectivity index (χ1) is 15.2. The SMILES string of the molecule is Cc1ccc(NC(=O)CSc2nnc(CCNC(=O)c3ccc(Cl)c(Cl)c3)n2C)cc1Cl. The Hall–Kier alpha value is -2.26. The standard InChI is InChI=1S/C21H20Cl3N5O2S/c1-12-3-5-14(10-16(12)23)26-19(30)11-32-21-28-27-18(29(21)2)7-8-25-20(31)13-4-6-15(22)17(24)9-13/h3-6,9-10H,7-8,11H2,1-2H3,(H,25,31)(H,26,30). The molecule has 0 aliphatic carbocycles. The minimum atomic E-state index is -0.256. The van der Waals surface area contributed by atoms with Crippen molar-refractivity contribution in [1.82, 2.24) is 20.1 Å². The fraction of sp³-hybridized carbons (Fsp3) is 0.238. The van der Waals surface area contributed by atoms with Crippen LogP contribution < -0.4 is 10.6 Å². The number of anilines is 1. The van der Waals surface area contributed by atoms with Gasteiger partial charge in [0, 0.05) is 36.3 Å². The highest BCUT2D eigenvalue weighted by atomic mass is 35.5. The predicted molar refractivity (Wildman–Crippen MR) is 129 cm³/mol. The highest BCUT2D eigenvalue weighted by Crippen LogP contribution is 2.23. The van der Waals surface area contributed by atoms with E-state index < -0.39 is 0 Å². The summed E-state index contributed by atoms with van der Waals surface area (Å²) in [6.07, 6.45) is 0.477. The van der Waals surface area contributed by atoms with Gasteiger partial charge >= 0.3 is 0 Å². The number of amides is 2. The zero-order valence-corrected chi connectivity index (χ0v) is 20.4. The lowest BCUT2D eigenvalue weighted by Crippen LogP contribution is -2.26. The summed E-state index contributed by atoms with van der Waals surface area (Å²) in [7, 11) is 1.82. The fourth-order valence-corrected chi connectivity index (χ4v) is 3.92. The Morgan fingerprint density at radius 2 is 1.81 bits per heavy atom. The molecule has 0 atom stereocenters. The summed E-state index contributed by atoms with van der Waals surface area (Å²) >= 11 is 19.2. The molecule has 7 nitrogen and oxygen atoms in total. The van der Waals surface area contributed by atoms with E-state index in [0.717, 1.165) is 5.56 Å². The molecular weight excluding hydrogens is 493 g/mol. The molecule has 2 amide bonds. The molecule has 1 heterocycles. The summed E-state index contributed by atoms with van der Waals surface area (Å²) in [5.41, 5.74) is 2.01. The number of hydrogen-bond donors (Lipinski definition) is 2. The van der Waals surface area contributed by atoms with Gasteiger partial charge in [0.25, 0.3) is 5.91 Å². The van der Waals surface area contributed by atoms with Crippen molar-refractivity contribution in [2.24, 2.45) is 7.05 Å². The average molecular weight is 513 g/mol. The molecule has 32 heavy (non-hydrogen) atoms. The summed E-state index contributed by atoms with van der Waals surface area (Å²) in [5, 5.41) is 15.8. The number of hydrogen-bond acceptors (Lipinski definition) is 5. The van der Waals surface area contributed by atoms with Crippen molar-refractivity contribution in [3.05, 3.63) is 68.4 Å². The molecule has 0 aliphatic heterocycles. The Labute approximate surface area is 204 Å². The molecule has 0 radical (unpaired) electrons. The highest BCUT2D eigenvalue weighted by molar-refractivity contribution is 7.99. The minimum Gasteiger partial charge on any atom is -0.352 e. The first-order valence-electron chi connectivity index (χ1n) is 9.55. The molecule has 11 heteroatoms. The van der Waals surface area contributed by atoms with Crippen LogP contribution in [0.25, 0.3) is 0 Å². The lowest BCUT2D eigenvalue weighted by molar-refractivity contribution is -0.113. The Kier molecular flexibility index (Phi) is 8.42. The Balaban J connectivity index is 1.48. The van der Waals surface area contributed by atoms with Crippen LogP contribution in [0.1, 0.15) is 21.7 Å². The van der Waals surface area contributed by atoms with Gasteiger partial charge in [0.15, 0.2) is 5.16 Å². The molecule has 2 aromatic carbocycles. The summed E-state index contributed by atoms with van der Waals surface area (Å²) in [5.74, 6) is 0.431. The lowest BCUT2D eigenvalue weighted by atomic mass is 10.2. The molecule has 2 N–H and O–H groups in total. The van der Waals surface area contributed by atoms with Gasteiger partial charge in [-0.1, -0.05) is 52.6 Å². The second-order valence-electron chi connectivity index (χ2n) is 6.89. The van der Waals surface area contributed by atoms with E-state index in [1.165, 1.54) is 17.8 Å². The van der Waals surface area contributed by atoms with Crippen LogP contribution >= 0.6 is 46.6 Å². The summed E-state index contributed by atoms with van der Waals surface area (Å²) < 4.78 is 1.80. The van der Waals surface area contributed by atoms with Crippen molar-refractivity contribution in [3.8, 4) is 0 Å². The third kappa shape index (κ3) is 6.38. The molecule has 0 saturated heterocycles. The van der Waals surface area contributed by atoms with Crippen molar-refractivity contribution in [1.29, 1.82) is 0 Å². The van der Waals surface area contributed by atoms with Gasteiger partial charge in [0.1, 0.15) is 5.82 Å². The summed E-state index contributed by atoms with van der Waals surface area (Å²) in [4.78, 5) is 24.5. The fourth-order valence-electron chi connectivity index (χ4n) is 2.71. The van der Waals surface area contributed by atoms with Crippen molar-refractivity contribution in [2.45, 2.75) is 18.5 Å². The van der Waals surface area contributed by atoms with E-state index in [0.29, 0.717) is 50.3 Å². The molecule has 168 valence electrons. The van der Waals surface area contributed by atoms with Crippen LogP contribution in [0, 0.1) is 6.92 Å². The van der Waals surface area contributed by atoms with Gasteiger partial charge in [0.05, 0.1) is 15.8 Å². The number of aromatic nitrogens is 3. The molecule has 0 spiro atoms. The third-order valence-corrected chi connectivity index (χ3v) is 6.70. The maximum absolute atomic E-state index is 12.2. The number of halogens is 3. The van der Waals surface area contributed by atoms with Crippen LogP contribution in [0.5, 0.6) is 0 Å². The van der Waals surface area contributed by atoms with E-state index in [2.05, 4.69) is 20.8 Å². The number of benzene rings is 2. The second-order valence-corrected chi connectivity index (χ2v) is 9.06. The van der Waals surface area contributed by atoms with E-state index in [9.17, 15) is 9.59 Å². The number of carbonyl (C=O) groups excluding carboxylic acids is 2. The highest BCUT2D eigenvalue weighted by Gasteiger charge is 2.13. The van der Waals surface area contributed by atoms with E-state index >= 15 is 0 Å². The van der Waals surface area contributed by atoms with Crippen molar-refractivity contribution < 1.29 is 9.59 Å². The molecule has 3 aromatic rings. The van der Waals surface area contributed by atoms with Gasteiger partial charge in [-0.05, 0) is 42.8 Å². The normalized spacial score (nSPS) is 10.8. The first-order valence-corrected chi connectivity index (χ1v) is 11.7. The number of carbonyl (C=O) groups is 2. The van der Waals surface area contributed by atoms with E-state index in [1.54, 1.807) is 28.8 Å². The molecule has 0 aliphatic rings. The Bertz CT molecular complexity index is 1150. The van der Waals surface area contributed by atoms with Gasteiger partial charge in [0.2, 0.25) is 5.91 Å². The zero-order chi connectivity index (χ0) is 23.3. The van der Waals surface area contributed by atoms with E-state index in [1.807, 2.05) is 20.0 Å². The monoisotopic (exact) mass is 511 g/mol. The predicted octanol–water partition coefficient (Wildman–Crippen LogP) is 4.79. The van der Waals surface area contributed by atoms with Gasteiger partial charge in [-0.2, -0.15) is 0 Å². The van der Waals surface area contributed by atoms with Gasteiger partial charge in [-0.15, -0.1) is 10.2 Å². The Morgan fingerprint density at radius 3 is 2.53 bits per heavy atom. The van der Waals surface area contributed by atoms with Gasteiger partial charge in [-0.25, -0.2) is 0 Å². The third-order valence-electron chi connectivity index (χ3n) is 4.53. The van der Waals surface area contributed by atoms with Crippen molar-refractivity contribution in [2.75, 3.05) is 17.6 Å². The molecule has 0 saturated carbocycles. The van der Waals surface area contributed by atoms with E-state index in [-0.39, 0.29) is 17.6 Å². The van der Waals surface area contributed by atoms with Crippen LogP contribution in [0.4, 0.5) is 5.69 Å². The first kappa shape index (κ1) is 24.4. The number of thioether (sulfide) groups is 1. The minimum absolute atomic E-state index is 0.172. The average Bonchev–Trinajstić information content (AvgIpc) is 3.10. The lowest BCUT2D eigenvalue weighted by Gasteiger charge is -2.08. The van der Waals surface area contributed by atoms with Crippen LogP contribution in [-0.4, -0.2) is 38.9 Å². The zero-order valence-electron chi connectivity index (χ0n) is 17.3. The molecule has 0 fully saturated rings. The molecule has 0 unspecified atom stereocenters. The maximum Gasteiger partial charge on any atom is 0.251 e. The largest absolute Gasteiger partial charge is 0.352 e. The topological polar surface area (TPSA) is 88.9 Å². The summed E-state index contributed by atoms with van der Waals surface area (Å²) in [6, 6.07) is 10.1. The van der Waals surface area contributed by atoms with E-state index in [4.69, 9.17) is 34.8 Å². The van der Waals surface area contributed by atoms with Crippen LogP contribution in [-0.2, 0) is 18.3 Å². The van der Waals surface area contributed by atoms with Crippen LogP contribution in [0.15, 0.2) is 41.6 Å². The quantitative estimate of drug-likeness (QED) is 0.424. The summed E-state index contributed by atoms with van der Waals surface area (Å²) in [6.45, 7) is 2.26. The van der Waals surface area contributed by atoms with Gasteiger partial charge < -0.3 is 15.2 Å². The van der Waals surface area contributed by atoms with Gasteiger partial charge in [-0.3, -0.25) is 9.59 Å². The number of rotatable bonds is 8. The number of nitrogens with one attached hydrogen (secondary N) is 2. The second kappa shape index (κ2) is 11.0. The smallest absolute Gasteiger partial charge is 0.251 e. The molecular formula is C21H20Cl3N5O2S. The molecule has 1 aromatic heterocycles. The number of aryl methyl sites for hydroxylation is 1. The van der Waals surface area contributed by atoms with Crippen LogP contribution in [0.2, 0.25) is 15.1 Å². The number of nitrogens with zero attached hydrogens (tertiary/aromatic N) is 3. The maximum atomic E-state index is 12.2. The molecule has 3 rings (SSSR count). The molecule has 0 bridgehead atoms. The Morgan fingerprint density at radius 1 is 1.03 bits per heavy atom. The van der Waals surface area contributed by atoms with Crippen molar-refractivity contribution >= 4 is 64.1 Å².